The molecule has 7 heteroatoms. The summed E-state index contributed by atoms with van der Waals surface area (Å²) in [5, 5.41) is 0.495. The van der Waals surface area contributed by atoms with Crippen LogP contribution in [0.15, 0.2) is 40.4 Å². The Morgan fingerprint density at radius 3 is 2.81 bits per heavy atom. The Kier molecular flexibility index (Phi) is 3.42. The summed E-state index contributed by atoms with van der Waals surface area (Å²) in [6.45, 7) is 0. The minimum absolute atomic E-state index is 0.0977. The molecular weight excluding hydrogens is 296 g/mol. The Labute approximate surface area is 123 Å². The van der Waals surface area contributed by atoms with Crippen LogP contribution in [0.4, 0.5) is 14.5 Å². The van der Waals surface area contributed by atoms with Crippen LogP contribution in [0.1, 0.15) is 0 Å². The van der Waals surface area contributed by atoms with E-state index in [1.807, 2.05) is 0 Å². The minimum atomic E-state index is -0.782. The number of halogens is 2. The van der Waals surface area contributed by atoms with Gasteiger partial charge < -0.3 is 15.5 Å². The molecule has 0 atom stereocenters. The van der Waals surface area contributed by atoms with Crippen molar-refractivity contribution in [3.05, 3.63) is 42.0 Å². The van der Waals surface area contributed by atoms with Gasteiger partial charge in [-0.2, -0.15) is 0 Å². The van der Waals surface area contributed by atoms with E-state index in [0.29, 0.717) is 10.9 Å². The maximum Gasteiger partial charge on any atom is 0.171 e. The van der Waals surface area contributed by atoms with Crippen molar-refractivity contribution in [1.82, 2.24) is 9.97 Å². The van der Waals surface area contributed by atoms with E-state index < -0.39 is 11.6 Å². The fraction of sp³-hybridized carbons (Fsp3) is 0.0714. The molecule has 0 aliphatic rings. The standard InChI is InChI=1S/C14H11F2N3OS/c1-20-8-2-3-10-11(6-8)19-14(18-10)21-12-5-7(15)4-9(16)13(12)17/h2-6H,17H2,1H3,(H,18,19). The summed E-state index contributed by atoms with van der Waals surface area (Å²) in [5.74, 6) is -0.767. The second-order valence-electron chi connectivity index (χ2n) is 4.33. The number of nitrogens with two attached hydrogens (primary N) is 1. The van der Waals surface area contributed by atoms with E-state index in [1.165, 1.54) is 6.07 Å². The molecular formula is C14H11F2N3OS. The number of imidazole rings is 1. The van der Waals surface area contributed by atoms with Crippen LogP contribution in [0.2, 0.25) is 0 Å². The number of nitrogens with one attached hydrogen (secondary N) is 1. The van der Waals surface area contributed by atoms with Crippen molar-refractivity contribution < 1.29 is 13.5 Å². The summed E-state index contributed by atoms with van der Waals surface area (Å²) in [5.41, 5.74) is 7.02. The number of H-pyrrole nitrogens is 1. The highest BCUT2D eigenvalue weighted by atomic mass is 32.2. The van der Waals surface area contributed by atoms with Crippen LogP contribution in [0.5, 0.6) is 5.75 Å². The Balaban J connectivity index is 1.98. The zero-order chi connectivity index (χ0) is 15.0. The van der Waals surface area contributed by atoms with Crippen molar-refractivity contribution in [2.75, 3.05) is 12.8 Å². The zero-order valence-corrected chi connectivity index (χ0v) is 11.8. The molecule has 0 amide bonds. The predicted octanol–water partition coefficient (Wildman–Crippen LogP) is 3.58. The molecule has 1 aromatic heterocycles. The predicted molar refractivity (Wildman–Crippen MR) is 77.5 cm³/mol. The van der Waals surface area contributed by atoms with Gasteiger partial charge in [0.25, 0.3) is 0 Å². The number of benzene rings is 2. The number of aromatic amines is 1. The van der Waals surface area contributed by atoms with Crippen LogP contribution in [0, 0.1) is 11.6 Å². The van der Waals surface area contributed by atoms with Crippen molar-refractivity contribution in [2.45, 2.75) is 10.1 Å². The fourth-order valence-corrected chi connectivity index (χ4v) is 2.78. The number of methoxy groups -OCH3 is 1. The Hall–Kier alpha value is -2.28. The number of nitrogens with zero attached hydrogens (tertiary/aromatic N) is 1. The van der Waals surface area contributed by atoms with E-state index in [-0.39, 0.29) is 10.6 Å². The van der Waals surface area contributed by atoms with Crippen molar-refractivity contribution >= 4 is 28.5 Å². The normalized spacial score (nSPS) is 11.0. The van der Waals surface area contributed by atoms with E-state index in [4.69, 9.17) is 10.5 Å². The number of hydrogen-bond donors (Lipinski definition) is 2. The van der Waals surface area contributed by atoms with E-state index >= 15 is 0 Å². The molecule has 3 N–H and O–H groups in total. The van der Waals surface area contributed by atoms with Gasteiger partial charge in [-0.3, -0.25) is 0 Å². The molecule has 3 rings (SSSR count). The molecule has 0 saturated heterocycles. The minimum Gasteiger partial charge on any atom is -0.497 e. The highest BCUT2D eigenvalue weighted by molar-refractivity contribution is 7.99. The van der Waals surface area contributed by atoms with Crippen LogP contribution in [0.3, 0.4) is 0 Å². The first-order valence-corrected chi connectivity index (χ1v) is 6.84. The molecule has 4 nitrogen and oxygen atoms in total. The molecule has 2 aromatic carbocycles. The third-order valence-electron chi connectivity index (χ3n) is 2.93. The molecule has 21 heavy (non-hydrogen) atoms. The second kappa shape index (κ2) is 5.25. The summed E-state index contributed by atoms with van der Waals surface area (Å²) in [6.07, 6.45) is 0. The summed E-state index contributed by atoms with van der Waals surface area (Å²) < 4.78 is 31.8. The molecule has 0 fully saturated rings. The maximum atomic E-state index is 13.4. The smallest absolute Gasteiger partial charge is 0.171 e. The topological polar surface area (TPSA) is 63.9 Å². The van der Waals surface area contributed by atoms with Gasteiger partial charge in [0, 0.05) is 17.0 Å². The SMILES string of the molecule is COc1ccc2nc(Sc3cc(F)cc(F)c3N)[nH]c2c1. The third kappa shape index (κ3) is 2.64. The van der Waals surface area contributed by atoms with E-state index in [0.717, 1.165) is 28.9 Å². The van der Waals surface area contributed by atoms with Crippen LogP contribution in [0.25, 0.3) is 11.0 Å². The fourth-order valence-electron chi connectivity index (χ4n) is 1.89. The number of rotatable bonds is 3. The van der Waals surface area contributed by atoms with Crippen LogP contribution >= 0.6 is 11.8 Å². The lowest BCUT2D eigenvalue weighted by Gasteiger charge is -2.04. The van der Waals surface area contributed by atoms with Gasteiger partial charge in [0.1, 0.15) is 17.4 Å². The first-order chi connectivity index (χ1) is 10.1. The van der Waals surface area contributed by atoms with E-state index in [1.54, 1.807) is 25.3 Å². The average molecular weight is 307 g/mol. The number of nitrogen functional groups attached to an aromatic ring is 1. The number of hydrogen-bond acceptors (Lipinski definition) is 4. The quantitative estimate of drug-likeness (QED) is 0.726. The average Bonchev–Trinajstić information content (AvgIpc) is 2.85. The van der Waals surface area contributed by atoms with Gasteiger partial charge in [0.2, 0.25) is 0 Å². The molecule has 3 aromatic rings. The lowest BCUT2D eigenvalue weighted by molar-refractivity contribution is 0.415. The van der Waals surface area contributed by atoms with Gasteiger partial charge in [-0.25, -0.2) is 13.8 Å². The van der Waals surface area contributed by atoms with Crippen molar-refractivity contribution in [3.63, 3.8) is 0 Å². The molecule has 0 unspecified atom stereocenters. The summed E-state index contributed by atoms with van der Waals surface area (Å²) >= 11 is 1.07. The summed E-state index contributed by atoms with van der Waals surface area (Å²) in [4.78, 5) is 7.67. The molecule has 0 spiro atoms. The van der Waals surface area contributed by atoms with Crippen LogP contribution < -0.4 is 10.5 Å². The van der Waals surface area contributed by atoms with Gasteiger partial charge in [0.05, 0.1) is 23.8 Å². The maximum absolute atomic E-state index is 13.4. The van der Waals surface area contributed by atoms with E-state index in [9.17, 15) is 8.78 Å². The van der Waals surface area contributed by atoms with Crippen molar-refractivity contribution in [2.24, 2.45) is 0 Å². The lowest BCUT2D eigenvalue weighted by Crippen LogP contribution is -1.95. The molecule has 0 aliphatic heterocycles. The molecule has 0 saturated carbocycles. The Morgan fingerprint density at radius 1 is 1.24 bits per heavy atom. The highest BCUT2D eigenvalue weighted by Crippen LogP contribution is 2.34. The van der Waals surface area contributed by atoms with Crippen LogP contribution in [-0.4, -0.2) is 17.1 Å². The monoisotopic (exact) mass is 307 g/mol. The zero-order valence-electron chi connectivity index (χ0n) is 11.0. The van der Waals surface area contributed by atoms with Gasteiger partial charge >= 0.3 is 0 Å². The number of fused-ring (bicyclic) bond motifs is 1. The van der Waals surface area contributed by atoms with Gasteiger partial charge in [-0.1, -0.05) is 0 Å². The third-order valence-corrected chi connectivity index (χ3v) is 3.87. The number of anilines is 1. The molecule has 0 aliphatic carbocycles. The molecule has 0 bridgehead atoms. The molecule has 0 radical (unpaired) electrons. The van der Waals surface area contributed by atoms with E-state index in [2.05, 4.69) is 9.97 Å². The van der Waals surface area contributed by atoms with Gasteiger partial charge in [-0.15, -0.1) is 0 Å². The van der Waals surface area contributed by atoms with Crippen molar-refractivity contribution in [3.8, 4) is 5.75 Å². The Bertz CT molecular complexity index is 819. The highest BCUT2D eigenvalue weighted by Gasteiger charge is 2.12. The Morgan fingerprint density at radius 2 is 2.05 bits per heavy atom. The first kappa shape index (κ1) is 13.7. The van der Waals surface area contributed by atoms with Crippen LogP contribution in [-0.2, 0) is 0 Å². The van der Waals surface area contributed by atoms with Crippen molar-refractivity contribution in [1.29, 1.82) is 0 Å². The molecule has 1 heterocycles. The summed E-state index contributed by atoms with van der Waals surface area (Å²) in [6, 6.07) is 7.31. The van der Waals surface area contributed by atoms with Gasteiger partial charge in [0.15, 0.2) is 5.16 Å². The number of ether oxygens (including phenoxy) is 1. The summed E-state index contributed by atoms with van der Waals surface area (Å²) in [7, 11) is 1.57. The number of aromatic nitrogens is 2. The first-order valence-electron chi connectivity index (χ1n) is 6.03. The second-order valence-corrected chi connectivity index (χ2v) is 5.36. The molecule has 108 valence electrons. The van der Waals surface area contributed by atoms with Gasteiger partial charge in [-0.05, 0) is 30.0 Å². The lowest BCUT2D eigenvalue weighted by atomic mass is 10.3. The largest absolute Gasteiger partial charge is 0.497 e.